The number of amides is 1. The van der Waals surface area contributed by atoms with Crippen LogP contribution in [-0.2, 0) is 12.8 Å². The Bertz CT molecular complexity index is 842. The van der Waals surface area contributed by atoms with Gasteiger partial charge in [0.05, 0.1) is 11.3 Å². The van der Waals surface area contributed by atoms with Crippen molar-refractivity contribution >= 4 is 5.91 Å². The minimum Gasteiger partial charge on any atom is -0.337 e. The summed E-state index contributed by atoms with van der Waals surface area (Å²) in [7, 11) is 0. The molecule has 2 aromatic rings. The van der Waals surface area contributed by atoms with E-state index in [9.17, 15) is 14.0 Å². The summed E-state index contributed by atoms with van der Waals surface area (Å²) < 4.78 is 14.3. The van der Waals surface area contributed by atoms with Gasteiger partial charge in [0.1, 0.15) is 5.82 Å². The van der Waals surface area contributed by atoms with E-state index in [-0.39, 0.29) is 17.0 Å². The Morgan fingerprint density at radius 3 is 2.92 bits per heavy atom. The Kier molecular flexibility index (Phi) is 5.78. The van der Waals surface area contributed by atoms with Gasteiger partial charge in [0.2, 0.25) is 0 Å². The molecule has 1 aliphatic heterocycles. The van der Waals surface area contributed by atoms with Crippen LogP contribution in [0.3, 0.4) is 0 Å². The molecule has 3 rings (SSSR count). The lowest BCUT2D eigenvalue weighted by Gasteiger charge is -2.20. The number of aromatic amines is 1. The highest BCUT2D eigenvalue weighted by molar-refractivity contribution is 5.94. The summed E-state index contributed by atoms with van der Waals surface area (Å²) in [4.78, 5) is 25.9. The highest BCUT2D eigenvalue weighted by atomic mass is 19.1. The third-order valence-corrected chi connectivity index (χ3v) is 4.62. The summed E-state index contributed by atoms with van der Waals surface area (Å²) >= 11 is 0. The predicted molar refractivity (Wildman–Crippen MR) is 96.8 cm³/mol. The number of aromatic nitrogens is 2. The molecule has 2 heterocycles. The zero-order valence-corrected chi connectivity index (χ0v) is 14.8. The summed E-state index contributed by atoms with van der Waals surface area (Å²) in [6.07, 6.45) is 1.97. The van der Waals surface area contributed by atoms with Gasteiger partial charge in [-0.15, -0.1) is 0 Å². The molecule has 0 unspecified atom stereocenters. The van der Waals surface area contributed by atoms with Gasteiger partial charge in [-0.2, -0.15) is 5.10 Å². The fourth-order valence-electron chi connectivity index (χ4n) is 3.19. The number of H-pyrrole nitrogens is 1. The molecule has 138 valence electrons. The smallest absolute Gasteiger partial charge is 0.264 e. The molecule has 26 heavy (non-hydrogen) atoms. The van der Waals surface area contributed by atoms with Crippen LogP contribution in [0, 0.1) is 5.82 Å². The summed E-state index contributed by atoms with van der Waals surface area (Å²) in [5.74, 6) is -0.792. The van der Waals surface area contributed by atoms with Crippen LogP contribution in [0.15, 0.2) is 29.1 Å². The lowest BCUT2D eigenvalue weighted by molar-refractivity contribution is 0.0761. The summed E-state index contributed by atoms with van der Waals surface area (Å²) in [5, 5.41) is 9.78. The molecule has 0 spiro atoms. The minimum atomic E-state index is -0.513. The number of rotatable bonds is 4. The molecule has 1 fully saturated rings. The number of hydrogen-bond donors (Lipinski definition) is 2. The number of carbonyl (C=O) groups is 1. The summed E-state index contributed by atoms with van der Waals surface area (Å²) in [6.45, 7) is 4.73. The first-order valence-corrected chi connectivity index (χ1v) is 8.94. The van der Waals surface area contributed by atoms with Crippen molar-refractivity contribution < 1.29 is 9.18 Å². The van der Waals surface area contributed by atoms with Gasteiger partial charge in [-0.3, -0.25) is 9.59 Å². The van der Waals surface area contributed by atoms with Crippen molar-refractivity contribution in [2.75, 3.05) is 26.2 Å². The van der Waals surface area contributed by atoms with E-state index in [1.165, 1.54) is 12.1 Å². The zero-order valence-electron chi connectivity index (χ0n) is 14.8. The van der Waals surface area contributed by atoms with Gasteiger partial charge in [0.15, 0.2) is 0 Å². The Morgan fingerprint density at radius 2 is 2.12 bits per heavy atom. The van der Waals surface area contributed by atoms with Gasteiger partial charge in [-0.05, 0) is 42.6 Å². The largest absolute Gasteiger partial charge is 0.337 e. The molecule has 0 aliphatic carbocycles. The van der Waals surface area contributed by atoms with E-state index in [1.54, 1.807) is 17.0 Å². The number of halogens is 1. The van der Waals surface area contributed by atoms with E-state index < -0.39 is 5.82 Å². The molecule has 0 saturated carbocycles. The van der Waals surface area contributed by atoms with E-state index in [0.29, 0.717) is 32.5 Å². The van der Waals surface area contributed by atoms with Crippen LogP contribution in [-0.4, -0.2) is 47.2 Å². The second kappa shape index (κ2) is 8.23. The average Bonchev–Trinajstić information content (AvgIpc) is 2.93. The Hall–Kier alpha value is -2.54. The molecule has 0 radical (unpaired) electrons. The fraction of sp³-hybridized carbons (Fsp3) is 0.421. The van der Waals surface area contributed by atoms with Crippen LogP contribution >= 0.6 is 0 Å². The van der Waals surface area contributed by atoms with Crippen molar-refractivity contribution in [2.24, 2.45) is 0 Å². The average molecular weight is 358 g/mol. The molecule has 2 N–H and O–H groups in total. The molecule has 1 aliphatic rings. The molecule has 0 bridgehead atoms. The predicted octanol–water partition coefficient (Wildman–Crippen LogP) is 1.50. The maximum absolute atomic E-state index is 14.3. The van der Waals surface area contributed by atoms with Crippen molar-refractivity contribution in [3.8, 4) is 0 Å². The SMILES string of the molecule is CCc1cc(=O)[nH]nc1Cc1ccc(F)c(C(=O)N2CCCNCC2)c1. The highest BCUT2D eigenvalue weighted by Crippen LogP contribution is 2.17. The van der Waals surface area contributed by atoms with Gasteiger partial charge < -0.3 is 10.2 Å². The van der Waals surface area contributed by atoms with Crippen LogP contribution in [0.4, 0.5) is 4.39 Å². The van der Waals surface area contributed by atoms with Gasteiger partial charge >= 0.3 is 0 Å². The van der Waals surface area contributed by atoms with Crippen molar-refractivity contribution in [1.29, 1.82) is 0 Å². The molecule has 1 aromatic heterocycles. The molecule has 6 nitrogen and oxygen atoms in total. The van der Waals surface area contributed by atoms with Crippen LogP contribution in [0.25, 0.3) is 0 Å². The second-order valence-corrected chi connectivity index (χ2v) is 6.44. The van der Waals surface area contributed by atoms with Crippen LogP contribution < -0.4 is 10.9 Å². The minimum absolute atomic E-state index is 0.0897. The lowest BCUT2D eigenvalue weighted by Crippen LogP contribution is -2.34. The van der Waals surface area contributed by atoms with Crippen molar-refractivity contribution in [1.82, 2.24) is 20.4 Å². The maximum Gasteiger partial charge on any atom is 0.264 e. The zero-order chi connectivity index (χ0) is 18.5. The van der Waals surface area contributed by atoms with E-state index >= 15 is 0 Å². The fourth-order valence-corrected chi connectivity index (χ4v) is 3.19. The normalized spacial score (nSPS) is 14.9. The second-order valence-electron chi connectivity index (χ2n) is 6.44. The summed E-state index contributed by atoms with van der Waals surface area (Å²) in [6, 6.07) is 6.11. The Labute approximate surface area is 151 Å². The van der Waals surface area contributed by atoms with Gasteiger partial charge in [-0.25, -0.2) is 9.49 Å². The number of aryl methyl sites for hydroxylation is 1. The third kappa shape index (κ3) is 4.16. The maximum atomic E-state index is 14.3. The Morgan fingerprint density at radius 1 is 1.27 bits per heavy atom. The molecular weight excluding hydrogens is 335 g/mol. The third-order valence-electron chi connectivity index (χ3n) is 4.62. The van der Waals surface area contributed by atoms with E-state index in [4.69, 9.17) is 0 Å². The topological polar surface area (TPSA) is 78.1 Å². The van der Waals surface area contributed by atoms with Crippen LogP contribution in [0.2, 0.25) is 0 Å². The first kappa shape index (κ1) is 18.3. The lowest BCUT2D eigenvalue weighted by atomic mass is 10.0. The van der Waals surface area contributed by atoms with E-state index in [0.717, 1.165) is 29.8 Å². The first-order valence-electron chi connectivity index (χ1n) is 8.94. The molecule has 1 aromatic carbocycles. The van der Waals surface area contributed by atoms with Crippen LogP contribution in [0.1, 0.15) is 40.5 Å². The molecule has 0 atom stereocenters. The molecular formula is C19H23FN4O2. The number of nitrogens with one attached hydrogen (secondary N) is 2. The molecule has 7 heteroatoms. The quantitative estimate of drug-likeness (QED) is 0.868. The first-order chi connectivity index (χ1) is 12.6. The molecule has 1 saturated heterocycles. The van der Waals surface area contributed by atoms with Gasteiger partial charge in [0, 0.05) is 32.1 Å². The number of hydrogen-bond acceptors (Lipinski definition) is 4. The standard InChI is InChI=1S/C19H23FN4O2/c1-2-14-12-18(25)23-22-17(14)11-13-4-5-16(20)15(10-13)19(26)24-8-3-6-21-7-9-24/h4-5,10,12,21H,2-3,6-9,11H2,1H3,(H,23,25). The van der Waals surface area contributed by atoms with Gasteiger partial charge in [-0.1, -0.05) is 13.0 Å². The van der Waals surface area contributed by atoms with E-state index in [2.05, 4.69) is 15.5 Å². The molecule has 1 amide bonds. The number of carbonyl (C=O) groups excluding carboxylic acids is 1. The number of nitrogens with zero attached hydrogens (tertiary/aromatic N) is 2. The van der Waals surface area contributed by atoms with Crippen molar-refractivity contribution in [2.45, 2.75) is 26.2 Å². The number of benzene rings is 1. The van der Waals surface area contributed by atoms with E-state index in [1.807, 2.05) is 6.92 Å². The monoisotopic (exact) mass is 358 g/mol. The van der Waals surface area contributed by atoms with Crippen molar-refractivity contribution in [3.05, 3.63) is 62.8 Å². The van der Waals surface area contributed by atoms with Crippen molar-refractivity contribution in [3.63, 3.8) is 0 Å². The highest BCUT2D eigenvalue weighted by Gasteiger charge is 2.21. The van der Waals surface area contributed by atoms with Gasteiger partial charge in [0.25, 0.3) is 11.5 Å². The summed E-state index contributed by atoms with van der Waals surface area (Å²) in [5.41, 5.74) is 2.22. The Balaban J connectivity index is 1.85. The van der Waals surface area contributed by atoms with Crippen LogP contribution in [0.5, 0.6) is 0 Å².